The highest BCUT2D eigenvalue weighted by Gasteiger charge is 2.27. The fraction of sp³-hybridized carbons (Fsp3) is 0.105. The van der Waals surface area contributed by atoms with Crippen LogP contribution in [-0.4, -0.2) is 10.8 Å². The number of amidine groups is 1. The Kier molecular flexibility index (Phi) is 3.46. The van der Waals surface area contributed by atoms with Crippen LogP contribution in [-0.2, 0) is 0 Å². The summed E-state index contributed by atoms with van der Waals surface area (Å²) in [6.07, 6.45) is 0. The van der Waals surface area contributed by atoms with Crippen molar-refractivity contribution < 1.29 is 0 Å². The third kappa shape index (κ3) is 2.50. The molecule has 5 heteroatoms. The highest BCUT2D eigenvalue weighted by atomic mass is 15.9. The first-order valence-corrected chi connectivity index (χ1v) is 7.94. The average Bonchev–Trinajstić information content (AvgIpc) is 3.21. The van der Waals surface area contributed by atoms with Gasteiger partial charge in [-0.05, 0) is 37.6 Å². The number of H-pyrrole nitrogens is 1. The van der Waals surface area contributed by atoms with Crippen LogP contribution in [0.15, 0.2) is 71.8 Å². The molecule has 0 saturated carbocycles. The molecular formula is C19H19N5. The van der Waals surface area contributed by atoms with Crippen molar-refractivity contribution in [3.05, 3.63) is 83.6 Å². The Morgan fingerprint density at radius 1 is 0.875 bits per heavy atom. The topological polar surface area (TPSA) is 46.7 Å². The molecule has 2 N–H and O–H groups in total. The Morgan fingerprint density at radius 2 is 1.54 bits per heavy atom. The van der Waals surface area contributed by atoms with Crippen molar-refractivity contribution in [2.75, 3.05) is 10.2 Å². The number of aryl methyl sites for hydroxylation is 2. The van der Waals surface area contributed by atoms with Gasteiger partial charge in [-0.15, -0.1) is 10.2 Å². The molecule has 2 aromatic carbocycles. The maximum atomic E-state index is 4.77. The van der Waals surface area contributed by atoms with Gasteiger partial charge in [-0.3, -0.25) is 5.43 Å². The molecule has 0 bridgehead atoms. The monoisotopic (exact) mass is 317 g/mol. The van der Waals surface area contributed by atoms with Gasteiger partial charge in [0, 0.05) is 11.3 Å². The van der Waals surface area contributed by atoms with E-state index in [-0.39, 0.29) is 0 Å². The molecule has 5 nitrogen and oxygen atoms in total. The number of aromatic amines is 1. The third-order valence-electron chi connectivity index (χ3n) is 4.12. The summed E-state index contributed by atoms with van der Waals surface area (Å²) in [6, 6.07) is 22.3. The Hall–Kier alpha value is -3.21. The van der Waals surface area contributed by atoms with Crippen molar-refractivity contribution in [3.63, 3.8) is 0 Å². The Balaban J connectivity index is 1.76. The van der Waals surface area contributed by atoms with Crippen molar-refractivity contribution in [3.8, 4) is 0 Å². The van der Waals surface area contributed by atoms with E-state index in [9.17, 15) is 0 Å². The summed E-state index contributed by atoms with van der Waals surface area (Å²) in [5.74, 6) is 1.76. The van der Waals surface area contributed by atoms with Gasteiger partial charge >= 0.3 is 0 Å². The lowest BCUT2D eigenvalue weighted by Gasteiger charge is -2.26. The van der Waals surface area contributed by atoms with Crippen LogP contribution in [0, 0.1) is 13.8 Å². The van der Waals surface area contributed by atoms with E-state index in [0.717, 1.165) is 28.6 Å². The molecule has 1 aliphatic rings. The Bertz CT molecular complexity index is 848. The second kappa shape index (κ2) is 5.77. The highest BCUT2D eigenvalue weighted by Crippen LogP contribution is 2.26. The highest BCUT2D eigenvalue weighted by molar-refractivity contribution is 6.02. The van der Waals surface area contributed by atoms with Crippen molar-refractivity contribution in [2.24, 2.45) is 5.10 Å². The van der Waals surface area contributed by atoms with Gasteiger partial charge < -0.3 is 4.98 Å². The van der Waals surface area contributed by atoms with E-state index < -0.39 is 0 Å². The van der Waals surface area contributed by atoms with E-state index in [1.807, 2.05) is 70.9 Å². The lowest BCUT2D eigenvalue weighted by Crippen LogP contribution is -2.45. The summed E-state index contributed by atoms with van der Waals surface area (Å²) in [5.41, 5.74) is 7.78. The smallest absolute Gasteiger partial charge is 0.176 e. The second-order valence-electron chi connectivity index (χ2n) is 5.83. The van der Waals surface area contributed by atoms with E-state index in [2.05, 4.69) is 30.3 Å². The van der Waals surface area contributed by atoms with Crippen molar-refractivity contribution in [2.45, 2.75) is 13.8 Å². The zero-order valence-electron chi connectivity index (χ0n) is 13.7. The van der Waals surface area contributed by atoms with Gasteiger partial charge in [0.2, 0.25) is 0 Å². The molecule has 0 aliphatic carbocycles. The van der Waals surface area contributed by atoms with Crippen LogP contribution in [0.5, 0.6) is 0 Å². The van der Waals surface area contributed by atoms with Crippen LogP contribution in [0.2, 0.25) is 0 Å². The van der Waals surface area contributed by atoms with Gasteiger partial charge in [0.25, 0.3) is 0 Å². The van der Waals surface area contributed by atoms with Crippen molar-refractivity contribution >= 4 is 17.3 Å². The molecule has 2 heterocycles. The summed E-state index contributed by atoms with van der Waals surface area (Å²) in [4.78, 5) is 3.41. The van der Waals surface area contributed by atoms with Crippen molar-refractivity contribution in [1.29, 1.82) is 0 Å². The molecule has 3 aromatic rings. The van der Waals surface area contributed by atoms with Crippen LogP contribution in [0.25, 0.3) is 0 Å². The molecule has 1 aliphatic heterocycles. The maximum Gasteiger partial charge on any atom is 0.176 e. The van der Waals surface area contributed by atoms with E-state index in [0.29, 0.717) is 0 Å². The number of nitrogens with one attached hydrogen (secondary N) is 2. The summed E-state index contributed by atoms with van der Waals surface area (Å²) >= 11 is 0. The minimum absolute atomic E-state index is 0.810. The van der Waals surface area contributed by atoms with Gasteiger partial charge in [0.05, 0.1) is 5.69 Å². The first-order chi connectivity index (χ1) is 11.7. The van der Waals surface area contributed by atoms with E-state index in [4.69, 9.17) is 5.10 Å². The number of hydrogen-bond donors (Lipinski definition) is 2. The Labute approximate surface area is 141 Å². The molecule has 1 aromatic heterocycles. The van der Waals surface area contributed by atoms with Gasteiger partial charge in [0.15, 0.2) is 11.7 Å². The fourth-order valence-corrected chi connectivity index (χ4v) is 2.68. The molecule has 120 valence electrons. The summed E-state index contributed by atoms with van der Waals surface area (Å²) < 4.78 is 0. The first-order valence-electron chi connectivity index (χ1n) is 7.94. The molecule has 0 radical (unpaired) electrons. The largest absolute Gasteiger partial charge is 0.342 e. The molecule has 0 unspecified atom stereocenters. The number of nitrogens with zero attached hydrogens (tertiary/aromatic N) is 3. The van der Waals surface area contributed by atoms with Crippen LogP contribution in [0.3, 0.4) is 0 Å². The molecular weight excluding hydrogens is 298 g/mol. The molecule has 0 saturated heterocycles. The number of aromatic nitrogens is 1. The lowest BCUT2D eigenvalue weighted by molar-refractivity contribution is 0.758. The van der Waals surface area contributed by atoms with Crippen molar-refractivity contribution in [1.82, 2.24) is 10.4 Å². The number of hydrogen-bond acceptors (Lipinski definition) is 4. The summed E-state index contributed by atoms with van der Waals surface area (Å²) in [7, 11) is 0. The number of anilines is 2. The molecule has 0 spiro atoms. The molecule has 0 amide bonds. The summed E-state index contributed by atoms with van der Waals surface area (Å²) in [6.45, 7) is 4.16. The number of rotatable bonds is 3. The lowest BCUT2D eigenvalue weighted by atomic mass is 10.2. The summed E-state index contributed by atoms with van der Waals surface area (Å²) in [5, 5.41) is 8.57. The Morgan fingerprint density at radius 3 is 2.17 bits per heavy atom. The average molecular weight is 317 g/mol. The van der Waals surface area contributed by atoms with Crippen LogP contribution in [0.4, 0.5) is 11.5 Å². The normalized spacial score (nSPS) is 13.8. The van der Waals surface area contributed by atoms with Gasteiger partial charge in [-0.1, -0.05) is 48.5 Å². The van der Waals surface area contributed by atoms with Gasteiger partial charge in [-0.25, -0.2) is 0 Å². The molecule has 0 atom stereocenters. The predicted octanol–water partition coefficient (Wildman–Crippen LogP) is 3.74. The van der Waals surface area contributed by atoms with Crippen LogP contribution < -0.4 is 15.7 Å². The SMILES string of the molecule is Cc1cc(N2NC(c3ccccc3)=NN2c2ccccc2)[nH]c1C. The van der Waals surface area contributed by atoms with Crippen LogP contribution in [0.1, 0.15) is 16.8 Å². The minimum atomic E-state index is 0.810. The number of benzene rings is 2. The predicted molar refractivity (Wildman–Crippen MR) is 97.8 cm³/mol. The minimum Gasteiger partial charge on any atom is -0.342 e. The molecule has 0 fully saturated rings. The number of para-hydroxylation sites is 1. The van der Waals surface area contributed by atoms with E-state index in [1.165, 1.54) is 5.56 Å². The first kappa shape index (κ1) is 14.4. The zero-order chi connectivity index (χ0) is 16.5. The molecule has 4 rings (SSSR count). The van der Waals surface area contributed by atoms with Crippen LogP contribution >= 0.6 is 0 Å². The quantitative estimate of drug-likeness (QED) is 0.773. The molecule has 24 heavy (non-hydrogen) atoms. The zero-order valence-corrected chi connectivity index (χ0v) is 13.7. The fourth-order valence-electron chi connectivity index (χ4n) is 2.68. The van der Waals surface area contributed by atoms with E-state index >= 15 is 0 Å². The maximum absolute atomic E-state index is 4.77. The standard InChI is InChI=1S/C19H19N5/c1-14-13-18(20-15(14)2)24-22-19(16-9-5-3-6-10-16)21-23(24)17-11-7-4-8-12-17/h3-13,20H,1-2H3,(H,21,22). The second-order valence-corrected chi connectivity index (χ2v) is 5.83. The number of hydrazine groups is 2. The van der Waals surface area contributed by atoms with Gasteiger partial charge in [-0.2, -0.15) is 5.12 Å². The van der Waals surface area contributed by atoms with Gasteiger partial charge in [0.1, 0.15) is 0 Å². The van der Waals surface area contributed by atoms with E-state index in [1.54, 1.807) is 0 Å². The number of hydrazone groups is 1. The third-order valence-corrected chi connectivity index (χ3v) is 4.12.